The van der Waals surface area contributed by atoms with Crippen LogP contribution in [0.2, 0.25) is 0 Å². The number of hydrogen-bond donors (Lipinski definition) is 1. The van der Waals surface area contributed by atoms with Crippen LogP contribution in [0.4, 0.5) is 10.1 Å². The van der Waals surface area contributed by atoms with E-state index in [9.17, 15) is 14.0 Å². The minimum Gasteiger partial charge on any atom is -0.342 e. The number of aromatic nitrogens is 1. The van der Waals surface area contributed by atoms with Crippen molar-refractivity contribution < 1.29 is 14.0 Å². The molecule has 0 unspecified atom stereocenters. The van der Waals surface area contributed by atoms with Crippen molar-refractivity contribution in [3.05, 3.63) is 60.2 Å². The Kier molecular flexibility index (Phi) is 4.84. The molecule has 2 heterocycles. The first-order valence-corrected chi connectivity index (χ1v) is 7.85. The van der Waals surface area contributed by atoms with Crippen LogP contribution in [0.25, 0.3) is 0 Å². The van der Waals surface area contributed by atoms with Gasteiger partial charge in [-0.05, 0) is 36.2 Å². The summed E-state index contributed by atoms with van der Waals surface area (Å²) in [6.07, 6.45) is 4.07. The molecule has 0 aliphatic carbocycles. The SMILES string of the molecule is O=C(Nc1ccncc1)[C@@H]1CC(=O)N(CCc2ccc(F)cc2)C1. The number of amides is 2. The van der Waals surface area contributed by atoms with Gasteiger partial charge in [0.05, 0.1) is 5.92 Å². The summed E-state index contributed by atoms with van der Waals surface area (Å²) in [5, 5.41) is 2.81. The number of likely N-dealkylation sites (tertiary alicyclic amines) is 1. The van der Waals surface area contributed by atoms with Crippen LogP contribution in [-0.4, -0.2) is 34.8 Å². The maximum atomic E-state index is 12.9. The number of carbonyl (C=O) groups excluding carboxylic acids is 2. The van der Waals surface area contributed by atoms with Gasteiger partial charge < -0.3 is 10.2 Å². The molecule has 0 radical (unpaired) electrons. The van der Waals surface area contributed by atoms with E-state index in [-0.39, 0.29) is 30.0 Å². The van der Waals surface area contributed by atoms with Gasteiger partial charge in [-0.15, -0.1) is 0 Å². The number of benzene rings is 1. The lowest BCUT2D eigenvalue weighted by Gasteiger charge is -2.16. The summed E-state index contributed by atoms with van der Waals surface area (Å²) in [5.41, 5.74) is 1.64. The van der Waals surface area contributed by atoms with Crippen LogP contribution in [0.5, 0.6) is 0 Å². The van der Waals surface area contributed by atoms with Crippen LogP contribution in [0.15, 0.2) is 48.8 Å². The third-order valence-electron chi connectivity index (χ3n) is 4.12. The summed E-state index contributed by atoms with van der Waals surface area (Å²) in [5.74, 6) is -0.798. The normalized spacial score (nSPS) is 17.1. The van der Waals surface area contributed by atoms with Crippen molar-refractivity contribution in [2.45, 2.75) is 12.8 Å². The molecule has 1 aromatic heterocycles. The average Bonchev–Trinajstić information content (AvgIpc) is 2.96. The lowest BCUT2D eigenvalue weighted by molar-refractivity contribution is -0.128. The Bertz CT molecular complexity index is 719. The van der Waals surface area contributed by atoms with E-state index < -0.39 is 0 Å². The van der Waals surface area contributed by atoms with Gasteiger partial charge in [-0.2, -0.15) is 0 Å². The Labute approximate surface area is 139 Å². The lowest BCUT2D eigenvalue weighted by atomic mass is 10.1. The van der Waals surface area contributed by atoms with E-state index in [2.05, 4.69) is 10.3 Å². The Morgan fingerprint density at radius 2 is 1.92 bits per heavy atom. The number of halogens is 1. The predicted molar refractivity (Wildman–Crippen MR) is 87.7 cm³/mol. The summed E-state index contributed by atoms with van der Waals surface area (Å²) in [6.45, 7) is 0.945. The number of hydrogen-bond acceptors (Lipinski definition) is 3. The van der Waals surface area contributed by atoms with Gasteiger partial charge in [0.2, 0.25) is 11.8 Å². The fourth-order valence-corrected chi connectivity index (χ4v) is 2.76. The van der Waals surface area contributed by atoms with Crippen molar-refractivity contribution >= 4 is 17.5 Å². The van der Waals surface area contributed by atoms with Crippen LogP contribution < -0.4 is 5.32 Å². The van der Waals surface area contributed by atoms with Crippen molar-refractivity contribution in [3.63, 3.8) is 0 Å². The molecule has 124 valence electrons. The van der Waals surface area contributed by atoms with Crippen molar-refractivity contribution in [3.8, 4) is 0 Å². The fraction of sp³-hybridized carbons (Fsp3) is 0.278. The van der Waals surface area contributed by atoms with Crippen LogP contribution >= 0.6 is 0 Å². The zero-order valence-electron chi connectivity index (χ0n) is 13.1. The Hall–Kier alpha value is -2.76. The number of pyridine rings is 1. The van der Waals surface area contributed by atoms with Gasteiger partial charge in [0, 0.05) is 37.6 Å². The zero-order chi connectivity index (χ0) is 16.9. The number of rotatable bonds is 5. The molecule has 0 spiro atoms. The molecule has 1 saturated heterocycles. The van der Waals surface area contributed by atoms with Crippen LogP contribution in [0.3, 0.4) is 0 Å². The molecule has 6 heteroatoms. The summed E-state index contributed by atoms with van der Waals surface area (Å²) in [6, 6.07) is 9.66. The summed E-state index contributed by atoms with van der Waals surface area (Å²) >= 11 is 0. The quantitative estimate of drug-likeness (QED) is 0.916. The first kappa shape index (κ1) is 16.1. The Balaban J connectivity index is 1.53. The summed E-state index contributed by atoms with van der Waals surface area (Å²) in [7, 11) is 0. The molecule has 2 amide bonds. The molecule has 1 N–H and O–H groups in total. The van der Waals surface area contributed by atoms with E-state index in [1.807, 2.05) is 0 Å². The van der Waals surface area contributed by atoms with Crippen LogP contribution in [0.1, 0.15) is 12.0 Å². The second-order valence-electron chi connectivity index (χ2n) is 5.84. The summed E-state index contributed by atoms with van der Waals surface area (Å²) in [4.78, 5) is 29.9. The molecule has 3 rings (SSSR count). The van der Waals surface area contributed by atoms with Gasteiger partial charge in [-0.25, -0.2) is 4.39 Å². The topological polar surface area (TPSA) is 62.3 Å². The first-order valence-electron chi connectivity index (χ1n) is 7.85. The van der Waals surface area contributed by atoms with E-state index in [4.69, 9.17) is 0 Å². The molecule has 1 aliphatic heterocycles. The largest absolute Gasteiger partial charge is 0.342 e. The molecule has 2 aromatic rings. The van der Waals surface area contributed by atoms with Crippen LogP contribution in [0, 0.1) is 11.7 Å². The van der Waals surface area contributed by atoms with Gasteiger partial charge in [0.15, 0.2) is 0 Å². The van der Waals surface area contributed by atoms with Crippen molar-refractivity contribution in [2.75, 3.05) is 18.4 Å². The smallest absolute Gasteiger partial charge is 0.229 e. The number of nitrogens with zero attached hydrogens (tertiary/aromatic N) is 2. The highest BCUT2D eigenvalue weighted by Gasteiger charge is 2.33. The molecule has 1 atom stereocenters. The summed E-state index contributed by atoms with van der Waals surface area (Å²) < 4.78 is 12.9. The number of anilines is 1. The minimum absolute atomic E-state index is 0.0213. The molecular weight excluding hydrogens is 309 g/mol. The van der Waals surface area contributed by atoms with E-state index in [1.54, 1.807) is 41.6 Å². The molecule has 1 fully saturated rings. The highest BCUT2D eigenvalue weighted by atomic mass is 19.1. The van der Waals surface area contributed by atoms with Crippen LogP contribution in [-0.2, 0) is 16.0 Å². The highest BCUT2D eigenvalue weighted by molar-refractivity contribution is 5.97. The van der Waals surface area contributed by atoms with E-state index >= 15 is 0 Å². The second-order valence-corrected chi connectivity index (χ2v) is 5.84. The zero-order valence-corrected chi connectivity index (χ0v) is 13.1. The molecule has 0 saturated carbocycles. The Morgan fingerprint density at radius 3 is 2.62 bits per heavy atom. The van der Waals surface area contributed by atoms with E-state index in [1.165, 1.54) is 12.1 Å². The predicted octanol–water partition coefficient (Wildman–Crippen LogP) is 2.25. The van der Waals surface area contributed by atoms with Crippen molar-refractivity contribution in [2.24, 2.45) is 5.92 Å². The molecule has 0 bridgehead atoms. The lowest BCUT2D eigenvalue weighted by Crippen LogP contribution is -2.30. The molecule has 24 heavy (non-hydrogen) atoms. The standard InChI is InChI=1S/C18H18FN3O2/c19-15-3-1-13(2-4-15)7-10-22-12-14(11-17(22)23)18(24)21-16-5-8-20-9-6-16/h1-6,8-9,14H,7,10-12H2,(H,20,21,24)/t14-/m1/s1. The van der Waals surface area contributed by atoms with Crippen molar-refractivity contribution in [1.29, 1.82) is 0 Å². The van der Waals surface area contributed by atoms with Gasteiger partial charge in [0.25, 0.3) is 0 Å². The minimum atomic E-state index is -0.348. The molecule has 1 aliphatic rings. The molecular formula is C18H18FN3O2. The maximum absolute atomic E-state index is 12.9. The number of nitrogens with one attached hydrogen (secondary N) is 1. The average molecular weight is 327 g/mol. The van der Waals surface area contributed by atoms with E-state index in [0.29, 0.717) is 25.2 Å². The van der Waals surface area contributed by atoms with E-state index in [0.717, 1.165) is 5.56 Å². The van der Waals surface area contributed by atoms with Gasteiger partial charge in [-0.1, -0.05) is 12.1 Å². The monoisotopic (exact) mass is 327 g/mol. The fourth-order valence-electron chi connectivity index (χ4n) is 2.76. The third-order valence-corrected chi connectivity index (χ3v) is 4.12. The number of carbonyl (C=O) groups is 2. The highest BCUT2D eigenvalue weighted by Crippen LogP contribution is 2.20. The third kappa shape index (κ3) is 3.95. The molecule has 1 aromatic carbocycles. The van der Waals surface area contributed by atoms with Gasteiger partial charge in [0.1, 0.15) is 5.82 Å². The van der Waals surface area contributed by atoms with Gasteiger partial charge in [-0.3, -0.25) is 14.6 Å². The van der Waals surface area contributed by atoms with Crippen molar-refractivity contribution in [1.82, 2.24) is 9.88 Å². The van der Waals surface area contributed by atoms with Gasteiger partial charge >= 0.3 is 0 Å². The Morgan fingerprint density at radius 1 is 1.21 bits per heavy atom. The maximum Gasteiger partial charge on any atom is 0.229 e. The second kappa shape index (κ2) is 7.21. The first-order chi connectivity index (χ1) is 11.6. The molecule has 5 nitrogen and oxygen atoms in total.